The molecule has 0 N–H and O–H groups in total. The lowest BCUT2D eigenvalue weighted by molar-refractivity contribution is 0.0194. The third-order valence-electron chi connectivity index (χ3n) is 8.40. The van der Waals surface area contributed by atoms with Gasteiger partial charge in [-0.05, 0) is 116 Å². The molecular weight excluding hydrogens is 515 g/mol. The van der Waals surface area contributed by atoms with E-state index in [1.54, 1.807) is 0 Å². The zero-order valence-corrected chi connectivity index (χ0v) is 27.5. The Morgan fingerprint density at radius 1 is 0.667 bits per heavy atom. The lowest BCUT2D eigenvalue weighted by Crippen LogP contribution is -2.46. The van der Waals surface area contributed by atoms with Crippen molar-refractivity contribution < 1.29 is 17.8 Å². The highest BCUT2D eigenvalue weighted by molar-refractivity contribution is 7.06. The number of nitrogens with zero attached hydrogens (tertiary/aromatic N) is 1. The summed E-state index contributed by atoms with van der Waals surface area (Å²) >= 11 is 0. The van der Waals surface area contributed by atoms with Gasteiger partial charge in [0.2, 0.25) is 33.3 Å². The fraction of sp³-hybridized carbons (Fsp3) is 0.519. The molecule has 6 rings (SSSR count). The molecule has 0 spiro atoms. The molecule has 2 bridgehead atoms. The molecule has 0 unspecified atom stereocenters. The van der Waals surface area contributed by atoms with Gasteiger partial charge >= 0.3 is 6.09 Å². The molecule has 36 heavy (non-hydrogen) atoms. The number of ether oxygens (including phenoxy) is 1. The van der Waals surface area contributed by atoms with Gasteiger partial charge in [-0.15, -0.1) is 0 Å². The Hall–Kier alpha value is -1.50. The van der Waals surface area contributed by atoms with Crippen molar-refractivity contribution in [2.75, 3.05) is 0 Å². The maximum Gasteiger partial charge on any atom is 0.411 e. The van der Waals surface area contributed by atoms with E-state index in [0.717, 1.165) is 0 Å². The van der Waals surface area contributed by atoms with Crippen LogP contribution in [0.1, 0.15) is 55.1 Å². The Kier molecular flexibility index (Phi) is 4.77. The Balaban J connectivity index is 1.59. The molecule has 0 saturated heterocycles. The van der Waals surface area contributed by atoms with E-state index < -0.39 is 38.9 Å². The first-order valence-electron chi connectivity index (χ1n) is 13.1. The highest BCUT2D eigenvalue weighted by Crippen LogP contribution is 2.56. The Morgan fingerprint density at radius 2 is 0.944 bits per heavy atom. The van der Waals surface area contributed by atoms with Crippen molar-refractivity contribution in [3.63, 3.8) is 0 Å². The minimum absolute atomic E-state index is 0.115. The Bertz CT molecular complexity index is 1190. The summed E-state index contributed by atoms with van der Waals surface area (Å²) in [5, 5.41) is 5.68. The van der Waals surface area contributed by atoms with Crippen molar-refractivity contribution in [1.82, 2.24) is 4.90 Å². The summed E-state index contributed by atoms with van der Waals surface area (Å²) < 4.78 is 19.6. The summed E-state index contributed by atoms with van der Waals surface area (Å²) in [4.78, 5) is 15.8. The zero-order chi connectivity index (χ0) is 26.4. The van der Waals surface area contributed by atoms with E-state index in [1.807, 2.05) is 25.7 Å². The van der Waals surface area contributed by atoms with Gasteiger partial charge in [-0.3, -0.25) is 4.90 Å². The van der Waals surface area contributed by atoms with Crippen LogP contribution in [0.5, 0.6) is 0 Å². The standard InChI is InChI=1S/C27H39NO4Si4/c1-27(2,3)30-26(29)28-24-16-12-20-21(34(6,7)31-33(20,4)5)13-17(16)25(28)19-15-23-22(14-18(19)24)35(8,9)32-36(23,10)11/h12-15,24-25H,1-11H3. The Labute approximate surface area is 219 Å². The quantitative estimate of drug-likeness (QED) is 0.460. The number of benzene rings is 2. The van der Waals surface area contributed by atoms with Gasteiger partial charge in [0.05, 0.1) is 12.1 Å². The fourth-order valence-electron chi connectivity index (χ4n) is 7.31. The van der Waals surface area contributed by atoms with Gasteiger partial charge in [-0.2, -0.15) is 0 Å². The molecule has 4 aliphatic heterocycles. The highest BCUT2D eigenvalue weighted by atomic mass is 28.4. The van der Waals surface area contributed by atoms with Crippen LogP contribution in [0.3, 0.4) is 0 Å². The van der Waals surface area contributed by atoms with E-state index >= 15 is 0 Å². The second-order valence-corrected chi connectivity index (χ2v) is 29.9. The lowest BCUT2D eigenvalue weighted by Gasteiger charge is -2.28. The molecule has 2 aromatic carbocycles. The average molecular weight is 554 g/mol. The van der Waals surface area contributed by atoms with Crippen LogP contribution < -0.4 is 20.7 Å². The maximum atomic E-state index is 13.8. The molecule has 9 heteroatoms. The van der Waals surface area contributed by atoms with Gasteiger partial charge in [-0.1, -0.05) is 24.3 Å². The van der Waals surface area contributed by atoms with Crippen molar-refractivity contribution in [3.8, 4) is 0 Å². The Morgan fingerprint density at radius 3 is 1.19 bits per heavy atom. The summed E-state index contributed by atoms with van der Waals surface area (Å²) in [5.74, 6) is 0. The van der Waals surface area contributed by atoms with Crippen LogP contribution in [-0.2, 0) is 13.0 Å². The highest BCUT2D eigenvalue weighted by Gasteiger charge is 2.57. The summed E-state index contributed by atoms with van der Waals surface area (Å²) in [7, 11) is -7.94. The van der Waals surface area contributed by atoms with E-state index in [2.05, 4.69) is 76.6 Å². The molecule has 0 aromatic heterocycles. The van der Waals surface area contributed by atoms with Crippen LogP contribution in [0.25, 0.3) is 0 Å². The molecule has 0 aliphatic carbocycles. The summed E-state index contributed by atoms with van der Waals surface area (Å²) in [6.07, 6.45) is -0.223. The monoisotopic (exact) mass is 553 g/mol. The molecule has 0 atom stereocenters. The largest absolute Gasteiger partial charge is 0.449 e. The van der Waals surface area contributed by atoms with Crippen LogP contribution in [0.4, 0.5) is 4.79 Å². The number of hydrogen-bond acceptors (Lipinski definition) is 4. The van der Waals surface area contributed by atoms with E-state index in [1.165, 1.54) is 43.0 Å². The third-order valence-corrected chi connectivity index (χ3v) is 23.9. The molecule has 192 valence electrons. The number of hydrogen-bond donors (Lipinski definition) is 0. The molecule has 1 amide bonds. The predicted octanol–water partition coefficient (Wildman–Crippen LogP) is 4.14. The normalized spacial score (nSPS) is 26.9. The smallest absolute Gasteiger partial charge is 0.411 e. The third kappa shape index (κ3) is 3.26. The number of carbonyl (C=O) groups is 1. The number of fused-ring (bicyclic) bond motifs is 10. The molecule has 0 fully saturated rings. The van der Waals surface area contributed by atoms with Gasteiger partial charge in [0, 0.05) is 0 Å². The second-order valence-electron chi connectivity index (χ2n) is 14.0. The molecule has 4 aliphatic rings. The molecule has 4 heterocycles. The van der Waals surface area contributed by atoms with Gasteiger partial charge in [0.15, 0.2) is 0 Å². The minimum Gasteiger partial charge on any atom is -0.449 e. The summed E-state index contributed by atoms with van der Waals surface area (Å²) in [6, 6.07) is 9.42. The van der Waals surface area contributed by atoms with Crippen molar-refractivity contribution in [1.29, 1.82) is 0 Å². The van der Waals surface area contributed by atoms with Crippen molar-refractivity contribution in [2.45, 2.75) is 90.8 Å². The van der Waals surface area contributed by atoms with E-state index in [-0.39, 0.29) is 18.2 Å². The van der Waals surface area contributed by atoms with Gasteiger partial charge in [-0.25, -0.2) is 4.79 Å². The molecule has 0 saturated carbocycles. The van der Waals surface area contributed by atoms with Crippen LogP contribution in [0.15, 0.2) is 24.3 Å². The molecule has 5 nitrogen and oxygen atoms in total. The van der Waals surface area contributed by atoms with Crippen molar-refractivity contribution >= 4 is 60.1 Å². The van der Waals surface area contributed by atoms with Crippen LogP contribution in [0.2, 0.25) is 52.4 Å². The molecule has 0 radical (unpaired) electrons. The first kappa shape index (κ1) is 24.8. The minimum atomic E-state index is -1.98. The lowest BCUT2D eigenvalue weighted by atomic mass is 9.86. The van der Waals surface area contributed by atoms with Crippen molar-refractivity contribution in [2.24, 2.45) is 0 Å². The number of rotatable bonds is 0. The zero-order valence-electron chi connectivity index (χ0n) is 23.5. The van der Waals surface area contributed by atoms with Crippen LogP contribution in [-0.4, -0.2) is 49.9 Å². The first-order valence-corrected chi connectivity index (χ1v) is 24.8. The van der Waals surface area contributed by atoms with Crippen LogP contribution in [0, 0.1) is 0 Å². The average Bonchev–Trinajstić information content (AvgIpc) is 3.31. The van der Waals surface area contributed by atoms with Crippen molar-refractivity contribution in [3.05, 3.63) is 46.5 Å². The number of carbonyl (C=O) groups excluding carboxylic acids is 1. The second kappa shape index (κ2) is 6.92. The van der Waals surface area contributed by atoms with Crippen LogP contribution >= 0.6 is 0 Å². The first-order chi connectivity index (χ1) is 16.3. The SMILES string of the molecule is CC(C)(C)OC(=O)N1C2c3cc4c(cc3C1c1cc3c(cc12)[Si](C)(C)O[Si]3(C)C)[Si](C)(C)O[Si]4(C)C. The van der Waals surface area contributed by atoms with Gasteiger partial charge in [0.1, 0.15) is 5.60 Å². The summed E-state index contributed by atoms with van der Waals surface area (Å²) in [6.45, 7) is 24.4. The van der Waals surface area contributed by atoms with E-state index in [9.17, 15) is 4.79 Å². The van der Waals surface area contributed by atoms with E-state index in [4.69, 9.17) is 13.0 Å². The number of amides is 1. The summed E-state index contributed by atoms with van der Waals surface area (Å²) in [5.41, 5.74) is 4.52. The topological polar surface area (TPSA) is 48.0 Å². The fourth-order valence-corrected chi connectivity index (χ4v) is 27.8. The predicted molar refractivity (Wildman–Crippen MR) is 155 cm³/mol. The van der Waals surface area contributed by atoms with E-state index in [0.29, 0.717) is 0 Å². The van der Waals surface area contributed by atoms with Gasteiger partial charge < -0.3 is 13.0 Å². The maximum absolute atomic E-state index is 13.8. The molecule has 2 aromatic rings. The van der Waals surface area contributed by atoms with Gasteiger partial charge in [0.25, 0.3) is 0 Å². The molecular formula is C27H39NO4Si4.